The van der Waals surface area contributed by atoms with Crippen molar-refractivity contribution in [2.45, 2.75) is 37.5 Å². The minimum atomic E-state index is -3.61. The molecule has 2 aromatic rings. The van der Waals surface area contributed by atoms with Crippen LogP contribution >= 0.6 is 0 Å². The predicted octanol–water partition coefficient (Wildman–Crippen LogP) is 3.82. The molecule has 0 aromatic heterocycles. The zero-order chi connectivity index (χ0) is 20.1. The molecule has 150 valence electrons. The number of hydrogen-bond acceptors (Lipinski definition) is 4. The van der Waals surface area contributed by atoms with Crippen LogP contribution in [0.2, 0.25) is 0 Å². The first-order valence-corrected chi connectivity index (χ1v) is 10.9. The van der Waals surface area contributed by atoms with E-state index in [0.29, 0.717) is 30.1 Å². The minimum absolute atomic E-state index is 0.151. The number of methoxy groups -OCH3 is 1. The Morgan fingerprint density at radius 2 is 1.75 bits per heavy atom. The summed E-state index contributed by atoms with van der Waals surface area (Å²) in [7, 11) is -2.07. The summed E-state index contributed by atoms with van der Waals surface area (Å²) in [5, 5.41) is 2.81. The molecule has 1 saturated heterocycles. The number of amides is 1. The molecule has 0 radical (unpaired) electrons. The summed E-state index contributed by atoms with van der Waals surface area (Å²) < 4.78 is 32.8. The van der Waals surface area contributed by atoms with Gasteiger partial charge in [0.15, 0.2) is 0 Å². The molecule has 0 saturated carbocycles. The first kappa shape index (κ1) is 20.4. The summed E-state index contributed by atoms with van der Waals surface area (Å²) >= 11 is 0. The fraction of sp³-hybridized carbons (Fsp3) is 0.381. The third kappa shape index (κ3) is 4.54. The summed E-state index contributed by atoms with van der Waals surface area (Å²) in [5.74, 6) is 0.170. The van der Waals surface area contributed by atoms with Crippen LogP contribution in [0.1, 0.15) is 41.6 Å². The van der Waals surface area contributed by atoms with Crippen molar-refractivity contribution in [1.29, 1.82) is 0 Å². The third-order valence-corrected chi connectivity index (χ3v) is 6.80. The zero-order valence-corrected chi connectivity index (χ0v) is 17.1. The van der Waals surface area contributed by atoms with E-state index in [-0.39, 0.29) is 10.8 Å². The summed E-state index contributed by atoms with van der Waals surface area (Å²) in [4.78, 5) is 12.9. The number of nitrogens with one attached hydrogen (secondary N) is 1. The Hall–Kier alpha value is -2.38. The van der Waals surface area contributed by atoms with Gasteiger partial charge in [0, 0.05) is 18.7 Å². The highest BCUT2D eigenvalue weighted by atomic mass is 32.2. The summed E-state index contributed by atoms with van der Waals surface area (Å²) in [6.45, 7) is 2.97. The quantitative estimate of drug-likeness (QED) is 0.825. The summed E-state index contributed by atoms with van der Waals surface area (Å²) in [5.41, 5.74) is 1.82. The lowest BCUT2D eigenvalue weighted by molar-refractivity contribution is 0.102. The van der Waals surface area contributed by atoms with Crippen LogP contribution in [0.4, 0.5) is 5.69 Å². The largest absolute Gasteiger partial charge is 0.495 e. The number of carbonyl (C=O) groups is 1. The molecule has 0 bridgehead atoms. The van der Waals surface area contributed by atoms with Gasteiger partial charge in [-0.15, -0.1) is 0 Å². The molecule has 1 fully saturated rings. The van der Waals surface area contributed by atoms with Crippen LogP contribution < -0.4 is 10.1 Å². The van der Waals surface area contributed by atoms with E-state index in [1.54, 1.807) is 24.3 Å². The molecule has 6 nitrogen and oxygen atoms in total. The SMILES string of the molecule is COc1ccc(C)cc1NC(=O)c1cccc(S(=O)(=O)N2CCCCCC2)c1. The van der Waals surface area contributed by atoms with Crippen LogP contribution in [0.15, 0.2) is 47.4 Å². The maximum absolute atomic E-state index is 13.0. The molecule has 0 aliphatic carbocycles. The van der Waals surface area contributed by atoms with Crippen molar-refractivity contribution in [2.24, 2.45) is 0 Å². The molecule has 1 heterocycles. The number of carbonyl (C=O) groups excluding carboxylic acids is 1. The number of benzene rings is 2. The van der Waals surface area contributed by atoms with E-state index in [1.165, 1.54) is 17.5 Å². The van der Waals surface area contributed by atoms with Gasteiger partial charge in [-0.2, -0.15) is 4.31 Å². The monoisotopic (exact) mass is 402 g/mol. The van der Waals surface area contributed by atoms with Gasteiger partial charge in [-0.1, -0.05) is 25.0 Å². The highest BCUT2D eigenvalue weighted by Crippen LogP contribution is 2.26. The van der Waals surface area contributed by atoms with Gasteiger partial charge < -0.3 is 10.1 Å². The maximum Gasteiger partial charge on any atom is 0.255 e. The number of anilines is 1. The average Bonchev–Trinajstić information content (AvgIpc) is 2.98. The highest BCUT2D eigenvalue weighted by Gasteiger charge is 2.26. The molecule has 2 aromatic carbocycles. The predicted molar refractivity (Wildman–Crippen MR) is 109 cm³/mol. The molecule has 1 N–H and O–H groups in total. The number of ether oxygens (including phenoxy) is 1. The van der Waals surface area contributed by atoms with Gasteiger partial charge in [-0.3, -0.25) is 4.79 Å². The molecule has 1 amide bonds. The zero-order valence-electron chi connectivity index (χ0n) is 16.3. The third-order valence-electron chi connectivity index (χ3n) is 4.90. The molecule has 3 rings (SSSR count). The lowest BCUT2D eigenvalue weighted by Gasteiger charge is -2.20. The second-order valence-electron chi connectivity index (χ2n) is 7.00. The van der Waals surface area contributed by atoms with Crippen molar-refractivity contribution in [3.05, 3.63) is 53.6 Å². The Bertz CT molecular complexity index is 949. The van der Waals surface area contributed by atoms with Crippen LogP contribution in [0.3, 0.4) is 0 Å². The van der Waals surface area contributed by atoms with Gasteiger partial charge in [-0.25, -0.2) is 8.42 Å². The molecular formula is C21H26N2O4S. The van der Waals surface area contributed by atoms with E-state index in [2.05, 4.69) is 5.32 Å². The van der Waals surface area contributed by atoms with Crippen LogP contribution in [0, 0.1) is 6.92 Å². The van der Waals surface area contributed by atoms with Crippen molar-refractivity contribution in [2.75, 3.05) is 25.5 Å². The van der Waals surface area contributed by atoms with Gasteiger partial charge in [0.05, 0.1) is 17.7 Å². The van der Waals surface area contributed by atoms with E-state index in [0.717, 1.165) is 31.2 Å². The van der Waals surface area contributed by atoms with Gasteiger partial charge in [0.2, 0.25) is 10.0 Å². The van der Waals surface area contributed by atoms with Gasteiger partial charge >= 0.3 is 0 Å². The maximum atomic E-state index is 13.0. The van der Waals surface area contributed by atoms with Gasteiger partial charge in [0.1, 0.15) is 5.75 Å². The lowest BCUT2D eigenvalue weighted by Crippen LogP contribution is -2.32. The number of hydrogen-bond donors (Lipinski definition) is 1. The Balaban J connectivity index is 1.84. The van der Waals surface area contributed by atoms with Crippen LogP contribution in [-0.4, -0.2) is 38.8 Å². The number of rotatable bonds is 5. The van der Waals surface area contributed by atoms with Gasteiger partial charge in [0.25, 0.3) is 5.91 Å². The normalized spacial score (nSPS) is 15.6. The summed E-state index contributed by atoms with van der Waals surface area (Å²) in [6.07, 6.45) is 3.83. The van der Waals surface area contributed by atoms with Crippen molar-refractivity contribution in [3.8, 4) is 5.75 Å². The number of sulfonamides is 1. The first-order chi connectivity index (χ1) is 13.4. The standard InChI is InChI=1S/C21H26N2O4S/c1-16-10-11-20(27-2)19(14-16)22-21(24)17-8-7-9-18(15-17)28(25,26)23-12-5-3-4-6-13-23/h7-11,14-15H,3-6,12-13H2,1-2H3,(H,22,24). The van der Waals surface area contributed by atoms with E-state index >= 15 is 0 Å². The number of nitrogens with zero attached hydrogens (tertiary/aromatic N) is 1. The second-order valence-corrected chi connectivity index (χ2v) is 8.94. The van der Waals surface area contributed by atoms with Crippen molar-refractivity contribution < 1.29 is 17.9 Å². The van der Waals surface area contributed by atoms with Crippen molar-refractivity contribution >= 4 is 21.6 Å². The van der Waals surface area contributed by atoms with E-state index < -0.39 is 10.0 Å². The summed E-state index contributed by atoms with van der Waals surface area (Å²) in [6, 6.07) is 11.7. The van der Waals surface area contributed by atoms with E-state index in [4.69, 9.17) is 4.74 Å². The average molecular weight is 403 g/mol. The molecule has 7 heteroatoms. The van der Waals surface area contributed by atoms with E-state index in [9.17, 15) is 13.2 Å². The van der Waals surface area contributed by atoms with Crippen LogP contribution in [-0.2, 0) is 10.0 Å². The van der Waals surface area contributed by atoms with Gasteiger partial charge in [-0.05, 0) is 55.7 Å². The first-order valence-electron chi connectivity index (χ1n) is 9.48. The highest BCUT2D eigenvalue weighted by molar-refractivity contribution is 7.89. The van der Waals surface area contributed by atoms with Crippen molar-refractivity contribution in [3.63, 3.8) is 0 Å². The number of aryl methyl sites for hydroxylation is 1. The topological polar surface area (TPSA) is 75.7 Å². The van der Waals surface area contributed by atoms with Crippen molar-refractivity contribution in [1.82, 2.24) is 4.31 Å². The van der Waals surface area contributed by atoms with Crippen LogP contribution in [0.5, 0.6) is 5.75 Å². The second kappa shape index (κ2) is 8.75. The Labute approximate surface area is 166 Å². The fourth-order valence-electron chi connectivity index (χ4n) is 3.34. The molecular weight excluding hydrogens is 376 g/mol. The smallest absolute Gasteiger partial charge is 0.255 e. The Kier molecular flexibility index (Phi) is 6.36. The van der Waals surface area contributed by atoms with E-state index in [1.807, 2.05) is 19.1 Å². The lowest BCUT2D eigenvalue weighted by atomic mass is 10.1. The molecule has 1 aliphatic rings. The van der Waals surface area contributed by atoms with Crippen LogP contribution in [0.25, 0.3) is 0 Å². The minimum Gasteiger partial charge on any atom is -0.495 e. The Morgan fingerprint density at radius 1 is 1.04 bits per heavy atom. The molecule has 1 aliphatic heterocycles. The molecule has 0 spiro atoms. The molecule has 0 atom stereocenters. The molecule has 0 unspecified atom stereocenters. The molecule has 28 heavy (non-hydrogen) atoms. The fourth-order valence-corrected chi connectivity index (χ4v) is 4.91. The Morgan fingerprint density at radius 3 is 2.43 bits per heavy atom.